The Hall–Kier alpha value is -1.88. The molecule has 1 aliphatic heterocycles. The summed E-state index contributed by atoms with van der Waals surface area (Å²) in [6.45, 7) is 2.03. The Kier molecular flexibility index (Phi) is 2.76. The summed E-state index contributed by atoms with van der Waals surface area (Å²) < 4.78 is 1.75. The van der Waals surface area contributed by atoms with Crippen molar-refractivity contribution in [2.75, 3.05) is 13.1 Å². The van der Waals surface area contributed by atoms with Crippen molar-refractivity contribution in [3.05, 3.63) is 35.9 Å². The summed E-state index contributed by atoms with van der Waals surface area (Å²) in [5.74, 6) is 0.485. The van der Waals surface area contributed by atoms with E-state index in [1.165, 1.54) is 0 Å². The molecule has 1 atom stereocenters. The number of carboxylic acid groups (broad SMARTS) is 1. The molecule has 0 aliphatic carbocycles. The van der Waals surface area contributed by atoms with Crippen LogP contribution >= 0.6 is 0 Å². The van der Waals surface area contributed by atoms with Gasteiger partial charge in [-0.1, -0.05) is 6.07 Å². The topological polar surface area (TPSA) is 66.6 Å². The second-order valence-corrected chi connectivity index (χ2v) is 4.71. The molecule has 0 amide bonds. The first-order valence-corrected chi connectivity index (χ1v) is 6.15. The van der Waals surface area contributed by atoms with Gasteiger partial charge >= 0.3 is 5.97 Å². The molecule has 0 saturated carbocycles. The van der Waals surface area contributed by atoms with Crippen LogP contribution < -0.4 is 5.32 Å². The second-order valence-electron chi connectivity index (χ2n) is 4.71. The fraction of sp³-hybridized carbons (Fsp3) is 0.385. The van der Waals surface area contributed by atoms with Crippen molar-refractivity contribution < 1.29 is 9.90 Å². The highest BCUT2D eigenvalue weighted by Crippen LogP contribution is 2.17. The molecule has 2 N–H and O–H groups in total. The quantitative estimate of drug-likeness (QED) is 0.852. The molecule has 1 saturated heterocycles. The van der Waals surface area contributed by atoms with E-state index in [1.54, 1.807) is 22.7 Å². The van der Waals surface area contributed by atoms with Crippen molar-refractivity contribution in [2.24, 2.45) is 5.92 Å². The van der Waals surface area contributed by atoms with E-state index < -0.39 is 5.97 Å². The van der Waals surface area contributed by atoms with Crippen molar-refractivity contribution in [2.45, 2.75) is 12.8 Å². The fourth-order valence-electron chi connectivity index (χ4n) is 2.57. The molecule has 18 heavy (non-hydrogen) atoms. The van der Waals surface area contributed by atoms with Crippen LogP contribution in [0, 0.1) is 5.92 Å². The van der Waals surface area contributed by atoms with E-state index in [0.29, 0.717) is 5.92 Å². The minimum atomic E-state index is -0.913. The molecule has 1 unspecified atom stereocenters. The molecule has 5 nitrogen and oxygen atoms in total. The van der Waals surface area contributed by atoms with Gasteiger partial charge in [0.25, 0.3) is 0 Å². The lowest BCUT2D eigenvalue weighted by atomic mass is 10.0. The number of rotatable bonds is 3. The van der Waals surface area contributed by atoms with Gasteiger partial charge in [-0.05, 0) is 37.6 Å². The van der Waals surface area contributed by atoms with Gasteiger partial charge < -0.3 is 10.4 Å². The van der Waals surface area contributed by atoms with E-state index in [4.69, 9.17) is 0 Å². The van der Waals surface area contributed by atoms with Gasteiger partial charge in [0.05, 0.1) is 11.7 Å². The van der Waals surface area contributed by atoms with E-state index in [0.717, 1.165) is 37.3 Å². The molecule has 2 aromatic heterocycles. The number of fused-ring (bicyclic) bond motifs is 1. The van der Waals surface area contributed by atoms with E-state index >= 15 is 0 Å². The number of carboxylic acids is 1. The third kappa shape index (κ3) is 1.86. The van der Waals surface area contributed by atoms with Crippen molar-refractivity contribution in [1.82, 2.24) is 14.7 Å². The predicted octanol–water partition coefficient (Wildman–Crippen LogP) is 1.18. The SMILES string of the molecule is O=C(O)c1cccc2cnc(CC3CCNC3)n12. The Balaban J connectivity index is 2.03. The number of pyridine rings is 1. The van der Waals surface area contributed by atoms with Crippen molar-refractivity contribution in [3.8, 4) is 0 Å². The standard InChI is InChI=1S/C13H15N3O2/c17-13(18)11-3-1-2-10-8-15-12(16(10)11)6-9-4-5-14-7-9/h1-3,8-9,14H,4-7H2,(H,17,18). The molecule has 94 valence electrons. The lowest BCUT2D eigenvalue weighted by Crippen LogP contribution is -2.14. The van der Waals surface area contributed by atoms with Gasteiger partial charge in [0.15, 0.2) is 0 Å². The highest BCUT2D eigenvalue weighted by Gasteiger charge is 2.19. The molecule has 3 rings (SSSR count). The largest absolute Gasteiger partial charge is 0.477 e. The molecule has 1 fully saturated rings. The average Bonchev–Trinajstić information content (AvgIpc) is 2.99. The van der Waals surface area contributed by atoms with Gasteiger partial charge in [0.2, 0.25) is 0 Å². The number of nitrogens with zero attached hydrogens (tertiary/aromatic N) is 2. The lowest BCUT2D eigenvalue weighted by Gasteiger charge is -2.09. The van der Waals surface area contributed by atoms with Crippen LogP contribution in [0.4, 0.5) is 0 Å². The average molecular weight is 245 g/mol. The van der Waals surface area contributed by atoms with Crippen LogP contribution in [0.15, 0.2) is 24.4 Å². The van der Waals surface area contributed by atoms with Crippen LogP contribution in [0.5, 0.6) is 0 Å². The van der Waals surface area contributed by atoms with Crippen LogP contribution in [-0.4, -0.2) is 33.6 Å². The Morgan fingerprint density at radius 3 is 3.17 bits per heavy atom. The second kappa shape index (κ2) is 4.42. The zero-order valence-corrected chi connectivity index (χ0v) is 9.97. The number of hydrogen-bond acceptors (Lipinski definition) is 3. The first kappa shape index (κ1) is 11.2. The van der Waals surface area contributed by atoms with Gasteiger partial charge in [0, 0.05) is 6.42 Å². The van der Waals surface area contributed by atoms with E-state index in [1.807, 2.05) is 6.07 Å². The maximum atomic E-state index is 11.2. The van der Waals surface area contributed by atoms with Crippen LogP contribution in [0.3, 0.4) is 0 Å². The first-order chi connectivity index (χ1) is 8.75. The lowest BCUT2D eigenvalue weighted by molar-refractivity contribution is 0.0688. The Bertz CT molecular complexity index is 585. The molecule has 0 radical (unpaired) electrons. The highest BCUT2D eigenvalue weighted by molar-refractivity contribution is 5.86. The third-order valence-electron chi connectivity index (χ3n) is 3.48. The highest BCUT2D eigenvalue weighted by atomic mass is 16.4. The van der Waals surface area contributed by atoms with Crippen LogP contribution in [0.1, 0.15) is 22.7 Å². The number of aromatic nitrogens is 2. The summed E-state index contributed by atoms with van der Waals surface area (Å²) in [6.07, 6.45) is 3.69. The zero-order valence-electron chi connectivity index (χ0n) is 9.97. The number of carbonyl (C=O) groups is 1. The van der Waals surface area contributed by atoms with Gasteiger partial charge in [-0.15, -0.1) is 0 Å². The first-order valence-electron chi connectivity index (χ1n) is 6.15. The van der Waals surface area contributed by atoms with Gasteiger partial charge in [-0.3, -0.25) is 4.40 Å². The van der Waals surface area contributed by atoms with E-state index in [-0.39, 0.29) is 5.69 Å². The maximum absolute atomic E-state index is 11.2. The van der Waals surface area contributed by atoms with Gasteiger partial charge in [0.1, 0.15) is 11.5 Å². The van der Waals surface area contributed by atoms with Gasteiger partial charge in [-0.25, -0.2) is 9.78 Å². The van der Waals surface area contributed by atoms with Crippen LogP contribution in [0.2, 0.25) is 0 Å². The summed E-state index contributed by atoms with van der Waals surface area (Å²) >= 11 is 0. The van der Waals surface area contributed by atoms with Crippen molar-refractivity contribution >= 4 is 11.5 Å². The van der Waals surface area contributed by atoms with E-state index in [9.17, 15) is 9.90 Å². The minimum Gasteiger partial charge on any atom is -0.477 e. The maximum Gasteiger partial charge on any atom is 0.352 e. The summed E-state index contributed by atoms with van der Waals surface area (Å²) in [7, 11) is 0. The number of aromatic carboxylic acids is 1. The fourth-order valence-corrected chi connectivity index (χ4v) is 2.57. The molecule has 3 heterocycles. The Morgan fingerprint density at radius 2 is 2.44 bits per heavy atom. The van der Waals surface area contributed by atoms with Gasteiger partial charge in [-0.2, -0.15) is 0 Å². The summed E-state index contributed by atoms with van der Waals surface area (Å²) in [5.41, 5.74) is 1.13. The van der Waals surface area contributed by atoms with Crippen LogP contribution in [-0.2, 0) is 6.42 Å². The molecular formula is C13H15N3O2. The molecule has 2 aromatic rings. The normalized spacial score (nSPS) is 19.4. The zero-order chi connectivity index (χ0) is 12.5. The predicted molar refractivity (Wildman–Crippen MR) is 66.8 cm³/mol. The number of hydrogen-bond donors (Lipinski definition) is 2. The molecule has 5 heteroatoms. The monoisotopic (exact) mass is 245 g/mol. The molecule has 0 aromatic carbocycles. The summed E-state index contributed by atoms with van der Waals surface area (Å²) in [5, 5.41) is 12.5. The molecule has 1 aliphatic rings. The Morgan fingerprint density at radius 1 is 1.56 bits per heavy atom. The molecular weight excluding hydrogens is 230 g/mol. The molecule has 0 bridgehead atoms. The number of imidazole rings is 1. The Labute approximate surface area is 104 Å². The third-order valence-corrected chi connectivity index (χ3v) is 3.48. The van der Waals surface area contributed by atoms with Crippen molar-refractivity contribution in [1.29, 1.82) is 0 Å². The number of nitrogens with one attached hydrogen (secondary N) is 1. The summed E-state index contributed by atoms with van der Waals surface area (Å²) in [6, 6.07) is 5.25. The van der Waals surface area contributed by atoms with E-state index in [2.05, 4.69) is 10.3 Å². The smallest absolute Gasteiger partial charge is 0.352 e. The summed E-state index contributed by atoms with van der Waals surface area (Å²) in [4.78, 5) is 15.6. The molecule has 0 spiro atoms. The van der Waals surface area contributed by atoms with Crippen molar-refractivity contribution in [3.63, 3.8) is 0 Å². The minimum absolute atomic E-state index is 0.283. The van der Waals surface area contributed by atoms with Crippen LogP contribution in [0.25, 0.3) is 5.52 Å².